The first-order valence-electron chi connectivity index (χ1n) is 17.6. The van der Waals surface area contributed by atoms with Crippen LogP contribution in [0.4, 0.5) is 11.4 Å². The first-order chi connectivity index (χ1) is 24.2. The molecule has 2 N–H and O–H groups in total. The summed E-state index contributed by atoms with van der Waals surface area (Å²) in [5, 5.41) is 25.2. The standard InChI is InChI=1S/C44H43ClN2O4/c1-26-10-7-14-32-30(26)18-20-34-40(32)43(3,4)36(46(34)24-38(48)49)22-16-28-12-9-13-29(42(28)45)17-23-37-44(5,6)41-33-15-8-11-27(2)31(33)19-21-35(41)47(37)25-39(50)51/h7-8,10-11,14-23H,9,12-13,24-25H2,1-6H3,(H-,48,49,50,51)/p+1. The molecule has 0 atom stereocenters. The molecule has 0 spiro atoms. The molecule has 0 fully saturated rings. The molecule has 7 rings (SSSR count). The summed E-state index contributed by atoms with van der Waals surface area (Å²) >= 11 is 7.18. The Bertz CT molecular complexity index is 2340. The molecule has 0 saturated heterocycles. The Morgan fingerprint density at radius 3 is 2.08 bits per heavy atom. The van der Waals surface area contributed by atoms with Crippen LogP contribution in [0.3, 0.4) is 0 Å². The summed E-state index contributed by atoms with van der Waals surface area (Å²) in [4.78, 5) is 26.2. The van der Waals surface area contributed by atoms with Crippen LogP contribution in [0.5, 0.6) is 0 Å². The number of hydrogen-bond acceptors (Lipinski definition) is 3. The van der Waals surface area contributed by atoms with E-state index in [9.17, 15) is 19.8 Å². The number of carbonyl (C=O) groups is 2. The van der Waals surface area contributed by atoms with Gasteiger partial charge in [-0.1, -0.05) is 80.1 Å². The average Bonchev–Trinajstić information content (AvgIpc) is 3.41. The number of aryl methyl sites for hydroxylation is 2. The van der Waals surface area contributed by atoms with E-state index in [0.717, 1.165) is 75.1 Å². The van der Waals surface area contributed by atoms with Crippen molar-refractivity contribution in [3.63, 3.8) is 0 Å². The predicted molar refractivity (Wildman–Crippen MR) is 208 cm³/mol. The molecule has 3 aliphatic rings. The van der Waals surface area contributed by atoms with Crippen molar-refractivity contribution in [3.8, 4) is 0 Å². The Hall–Kier alpha value is -4.94. The second kappa shape index (κ2) is 12.7. The van der Waals surface area contributed by atoms with E-state index in [0.29, 0.717) is 5.03 Å². The Balaban J connectivity index is 1.28. The monoisotopic (exact) mass is 699 g/mol. The van der Waals surface area contributed by atoms with Gasteiger partial charge in [-0.15, -0.1) is 0 Å². The Labute approximate surface area is 304 Å². The van der Waals surface area contributed by atoms with E-state index in [2.05, 4.69) is 127 Å². The van der Waals surface area contributed by atoms with E-state index in [1.807, 2.05) is 9.48 Å². The van der Waals surface area contributed by atoms with Crippen molar-refractivity contribution in [1.82, 2.24) is 0 Å². The molecule has 7 heteroatoms. The number of rotatable bonds is 7. The Morgan fingerprint density at radius 1 is 0.784 bits per heavy atom. The normalized spacial score (nSPS) is 19.6. The van der Waals surface area contributed by atoms with E-state index in [4.69, 9.17) is 11.6 Å². The lowest BCUT2D eigenvalue weighted by Gasteiger charge is -2.26. The topological polar surface area (TPSA) is 80.9 Å². The molecule has 2 aliphatic heterocycles. The van der Waals surface area contributed by atoms with Gasteiger partial charge in [0.25, 0.3) is 0 Å². The van der Waals surface area contributed by atoms with Crippen LogP contribution in [0.1, 0.15) is 69.2 Å². The fraction of sp³-hybridized carbons (Fsp3) is 0.295. The number of fused-ring (bicyclic) bond motifs is 6. The second-order valence-electron chi connectivity index (χ2n) is 15.1. The van der Waals surface area contributed by atoms with Gasteiger partial charge in [0.15, 0.2) is 5.71 Å². The maximum Gasteiger partial charge on any atom is 0.370 e. The molecule has 0 amide bonds. The largest absolute Gasteiger partial charge is 0.480 e. The maximum atomic E-state index is 12.1. The number of nitrogens with zero attached hydrogens (tertiary/aromatic N) is 2. The van der Waals surface area contributed by atoms with Gasteiger partial charge in [0.05, 0.1) is 5.41 Å². The third-order valence-corrected chi connectivity index (χ3v) is 11.6. The van der Waals surface area contributed by atoms with Crippen LogP contribution in [0, 0.1) is 13.8 Å². The van der Waals surface area contributed by atoms with Gasteiger partial charge in [0.1, 0.15) is 6.54 Å². The minimum absolute atomic E-state index is 0.140. The molecule has 0 aromatic heterocycles. The maximum absolute atomic E-state index is 12.1. The second-order valence-corrected chi connectivity index (χ2v) is 15.5. The van der Waals surface area contributed by atoms with Crippen LogP contribution in [0.15, 0.2) is 107 Å². The number of aliphatic carboxylic acids is 2. The molecule has 0 saturated carbocycles. The zero-order valence-electron chi connectivity index (χ0n) is 30.1. The number of carboxylic acid groups (broad SMARTS) is 2. The van der Waals surface area contributed by atoms with Gasteiger partial charge in [-0.2, -0.15) is 4.58 Å². The molecule has 0 bridgehead atoms. The highest BCUT2D eigenvalue weighted by Gasteiger charge is 2.46. The van der Waals surface area contributed by atoms with Crippen molar-refractivity contribution in [1.29, 1.82) is 0 Å². The SMILES string of the molecule is Cc1cccc2c3c(ccc12)[N+](CC(=O)O)=C(/C=C/C1=C(Cl)C(=C/C=C2/N(CC(=O)O)c4ccc5c(C)cccc5c4C2(C)C)CCC1)C3(C)C. The molecule has 0 radical (unpaired) electrons. The van der Waals surface area contributed by atoms with E-state index in [1.165, 1.54) is 21.9 Å². The van der Waals surface area contributed by atoms with Crippen LogP contribution < -0.4 is 4.90 Å². The van der Waals surface area contributed by atoms with Crippen molar-refractivity contribution in [2.75, 3.05) is 18.0 Å². The van der Waals surface area contributed by atoms with Crippen molar-refractivity contribution in [2.24, 2.45) is 0 Å². The summed E-state index contributed by atoms with van der Waals surface area (Å²) in [6.45, 7) is 12.6. The van der Waals surface area contributed by atoms with E-state index >= 15 is 0 Å². The zero-order valence-corrected chi connectivity index (χ0v) is 30.9. The molecule has 4 aromatic carbocycles. The molecule has 2 heterocycles. The Morgan fingerprint density at radius 2 is 1.43 bits per heavy atom. The van der Waals surface area contributed by atoms with Crippen molar-refractivity contribution >= 4 is 62.2 Å². The smallest absolute Gasteiger partial charge is 0.370 e. The van der Waals surface area contributed by atoms with E-state index < -0.39 is 22.8 Å². The number of halogens is 1. The first kappa shape index (κ1) is 34.5. The van der Waals surface area contributed by atoms with Crippen molar-refractivity contribution in [2.45, 2.75) is 71.6 Å². The van der Waals surface area contributed by atoms with Crippen LogP contribution in [-0.2, 0) is 20.4 Å². The number of benzene rings is 4. The summed E-state index contributed by atoms with van der Waals surface area (Å²) in [6, 6.07) is 20.9. The highest BCUT2D eigenvalue weighted by Crippen LogP contribution is 2.51. The third-order valence-electron chi connectivity index (χ3n) is 11.1. The van der Waals surface area contributed by atoms with Gasteiger partial charge < -0.3 is 15.1 Å². The zero-order chi connectivity index (χ0) is 36.4. The van der Waals surface area contributed by atoms with Crippen molar-refractivity contribution < 1.29 is 24.4 Å². The lowest BCUT2D eigenvalue weighted by atomic mass is 9.78. The minimum atomic E-state index is -0.890. The third kappa shape index (κ3) is 5.70. The van der Waals surface area contributed by atoms with Crippen LogP contribution >= 0.6 is 11.6 Å². The van der Waals surface area contributed by atoms with Crippen molar-refractivity contribution in [3.05, 3.63) is 129 Å². The molecular formula is C44H44ClN2O4+. The summed E-state index contributed by atoms with van der Waals surface area (Å²) in [5.41, 5.74) is 9.43. The number of allylic oxidation sites excluding steroid dienone is 8. The quantitative estimate of drug-likeness (QED) is 0.188. The minimum Gasteiger partial charge on any atom is -0.480 e. The molecular weight excluding hydrogens is 656 g/mol. The molecule has 51 heavy (non-hydrogen) atoms. The lowest BCUT2D eigenvalue weighted by molar-refractivity contribution is -0.427. The summed E-state index contributed by atoms with van der Waals surface area (Å²) in [6.07, 6.45) is 10.8. The summed E-state index contributed by atoms with van der Waals surface area (Å²) < 4.78 is 1.93. The van der Waals surface area contributed by atoms with E-state index in [-0.39, 0.29) is 13.1 Å². The van der Waals surface area contributed by atoms with Crippen LogP contribution in [-0.4, -0.2) is 45.5 Å². The van der Waals surface area contributed by atoms with Gasteiger partial charge in [-0.3, -0.25) is 4.79 Å². The van der Waals surface area contributed by atoms with Crippen LogP contribution in [0.25, 0.3) is 21.5 Å². The van der Waals surface area contributed by atoms with Gasteiger partial charge in [-0.25, -0.2) is 4.79 Å². The highest BCUT2D eigenvalue weighted by molar-refractivity contribution is 6.32. The van der Waals surface area contributed by atoms with Crippen LogP contribution in [0.2, 0.25) is 0 Å². The summed E-state index contributed by atoms with van der Waals surface area (Å²) in [5.74, 6) is -1.78. The molecule has 260 valence electrons. The summed E-state index contributed by atoms with van der Waals surface area (Å²) in [7, 11) is 0. The van der Waals surface area contributed by atoms with E-state index in [1.54, 1.807) is 0 Å². The molecule has 1 aliphatic carbocycles. The van der Waals surface area contributed by atoms with Gasteiger partial charge in [0, 0.05) is 39.5 Å². The molecule has 6 nitrogen and oxygen atoms in total. The lowest BCUT2D eigenvalue weighted by Crippen LogP contribution is -2.30. The van der Waals surface area contributed by atoms with Gasteiger partial charge in [0.2, 0.25) is 12.2 Å². The first-order valence-corrected chi connectivity index (χ1v) is 18.0. The van der Waals surface area contributed by atoms with Gasteiger partial charge in [-0.05, 0) is 115 Å². The molecule has 0 unspecified atom stereocenters. The fourth-order valence-electron chi connectivity index (χ4n) is 8.74. The fourth-order valence-corrected chi connectivity index (χ4v) is 9.05. The Kier molecular flexibility index (Phi) is 8.58. The predicted octanol–water partition coefficient (Wildman–Crippen LogP) is 10.00. The number of carboxylic acids is 2. The average molecular weight is 700 g/mol. The number of hydrogen-bond donors (Lipinski definition) is 2. The molecule has 4 aromatic rings. The number of anilines is 1. The highest BCUT2D eigenvalue weighted by atomic mass is 35.5. The van der Waals surface area contributed by atoms with Gasteiger partial charge >= 0.3 is 11.9 Å².